The van der Waals surface area contributed by atoms with E-state index < -0.39 is 0 Å². The second-order valence-electron chi connectivity index (χ2n) is 7.28. The van der Waals surface area contributed by atoms with Crippen LogP contribution in [0.2, 0.25) is 0 Å². The second kappa shape index (κ2) is 7.66. The number of nitrogens with zero attached hydrogens (tertiary/aromatic N) is 2. The Hall–Kier alpha value is -2.44. The zero-order valence-corrected chi connectivity index (χ0v) is 15.6. The van der Waals surface area contributed by atoms with Crippen LogP contribution in [0.15, 0.2) is 40.8 Å². The molecule has 6 heteroatoms. The number of Topliss-reactive ketones (excluding diaryl/α,β-unsaturated/α-hetero) is 1. The number of hydrogen-bond donors (Lipinski definition) is 1. The van der Waals surface area contributed by atoms with E-state index >= 15 is 0 Å². The highest BCUT2D eigenvalue weighted by molar-refractivity contribution is 5.94. The predicted molar refractivity (Wildman–Crippen MR) is 103 cm³/mol. The number of benzene rings is 1. The van der Waals surface area contributed by atoms with E-state index in [0.717, 1.165) is 51.3 Å². The van der Waals surface area contributed by atoms with E-state index in [0.29, 0.717) is 23.1 Å². The van der Waals surface area contributed by atoms with E-state index in [4.69, 9.17) is 4.42 Å². The number of piperazine rings is 1. The molecule has 1 aromatic heterocycles. The van der Waals surface area contributed by atoms with E-state index in [1.165, 1.54) is 0 Å². The molecule has 1 amide bonds. The third-order valence-electron chi connectivity index (χ3n) is 5.51. The number of carbonyl (C=O) groups is 2. The van der Waals surface area contributed by atoms with Crippen LogP contribution < -0.4 is 5.32 Å². The number of amides is 1. The van der Waals surface area contributed by atoms with Gasteiger partial charge in [-0.2, -0.15) is 0 Å². The summed E-state index contributed by atoms with van der Waals surface area (Å²) in [5.74, 6) is 1.01. The third-order valence-corrected chi connectivity index (χ3v) is 5.51. The first-order chi connectivity index (χ1) is 13.1. The summed E-state index contributed by atoms with van der Waals surface area (Å²) in [4.78, 5) is 28.6. The molecular weight excluding hydrogens is 342 g/mol. The Balaban J connectivity index is 1.42. The minimum atomic E-state index is -0.0424. The summed E-state index contributed by atoms with van der Waals surface area (Å²) in [5.41, 5.74) is 1.52. The Labute approximate surface area is 159 Å². The average Bonchev–Trinajstić information content (AvgIpc) is 3.38. The molecule has 0 radical (unpaired) electrons. The second-order valence-corrected chi connectivity index (χ2v) is 7.28. The zero-order valence-electron chi connectivity index (χ0n) is 15.6. The Kier molecular flexibility index (Phi) is 5.09. The van der Waals surface area contributed by atoms with Crippen LogP contribution in [0.25, 0.3) is 11.3 Å². The van der Waals surface area contributed by atoms with Gasteiger partial charge in [-0.1, -0.05) is 24.3 Å². The van der Waals surface area contributed by atoms with Gasteiger partial charge in [0.15, 0.2) is 11.5 Å². The van der Waals surface area contributed by atoms with Crippen molar-refractivity contribution in [1.82, 2.24) is 15.1 Å². The smallest absolute Gasteiger partial charge is 0.289 e. The summed E-state index contributed by atoms with van der Waals surface area (Å²) in [6, 6.07) is 11.3. The molecule has 2 aliphatic heterocycles. The van der Waals surface area contributed by atoms with E-state index in [9.17, 15) is 9.59 Å². The molecule has 142 valence electrons. The van der Waals surface area contributed by atoms with Crippen LogP contribution in [0.3, 0.4) is 0 Å². The normalized spacial score (nSPS) is 20.8. The number of carbonyl (C=O) groups excluding carboxylic acids is 2. The molecule has 1 atom stereocenters. The van der Waals surface area contributed by atoms with Gasteiger partial charge in [0.25, 0.3) is 5.91 Å². The van der Waals surface area contributed by atoms with Crippen LogP contribution in [0, 0.1) is 0 Å². The molecule has 1 unspecified atom stereocenters. The van der Waals surface area contributed by atoms with Crippen LogP contribution in [0.5, 0.6) is 0 Å². The summed E-state index contributed by atoms with van der Waals surface area (Å²) in [6.07, 6.45) is 1.02. The molecule has 1 N–H and O–H groups in total. The zero-order chi connectivity index (χ0) is 18.8. The minimum absolute atomic E-state index is 0.0323. The van der Waals surface area contributed by atoms with Crippen molar-refractivity contribution in [2.75, 3.05) is 39.3 Å². The summed E-state index contributed by atoms with van der Waals surface area (Å²) >= 11 is 0. The summed E-state index contributed by atoms with van der Waals surface area (Å²) in [6.45, 7) is 7.23. The van der Waals surface area contributed by atoms with Gasteiger partial charge in [-0.15, -0.1) is 0 Å². The quantitative estimate of drug-likeness (QED) is 0.840. The number of ketones is 1. The van der Waals surface area contributed by atoms with Crippen LogP contribution in [0.1, 0.15) is 34.3 Å². The largest absolute Gasteiger partial charge is 0.451 e. The highest BCUT2D eigenvalue weighted by Gasteiger charge is 2.32. The third kappa shape index (κ3) is 3.82. The highest BCUT2D eigenvalue weighted by atomic mass is 16.4. The van der Waals surface area contributed by atoms with E-state index in [1.54, 1.807) is 25.1 Å². The fraction of sp³-hybridized carbons (Fsp3) is 0.429. The van der Waals surface area contributed by atoms with E-state index in [2.05, 4.69) is 10.2 Å². The lowest BCUT2D eigenvalue weighted by atomic mass is 10.1. The molecule has 27 heavy (non-hydrogen) atoms. The lowest BCUT2D eigenvalue weighted by Gasteiger charge is -2.32. The van der Waals surface area contributed by atoms with Gasteiger partial charge in [0.2, 0.25) is 0 Å². The Morgan fingerprint density at radius 3 is 2.48 bits per heavy atom. The molecule has 2 aromatic rings. The first kappa shape index (κ1) is 17.9. The molecule has 0 aliphatic carbocycles. The molecule has 4 rings (SSSR count). The van der Waals surface area contributed by atoms with Crippen LogP contribution in [-0.2, 0) is 0 Å². The van der Waals surface area contributed by atoms with Gasteiger partial charge < -0.3 is 14.6 Å². The molecular formula is C21H25N3O3. The maximum atomic E-state index is 12.8. The van der Waals surface area contributed by atoms with Crippen molar-refractivity contribution in [2.45, 2.75) is 19.4 Å². The fourth-order valence-corrected chi connectivity index (χ4v) is 3.90. The van der Waals surface area contributed by atoms with Gasteiger partial charge in [0, 0.05) is 56.4 Å². The topological polar surface area (TPSA) is 65.8 Å². The average molecular weight is 367 g/mol. The van der Waals surface area contributed by atoms with Crippen molar-refractivity contribution in [3.8, 4) is 11.3 Å². The minimum Gasteiger partial charge on any atom is -0.451 e. The molecule has 2 aliphatic rings. The van der Waals surface area contributed by atoms with Gasteiger partial charge in [-0.3, -0.25) is 14.5 Å². The standard InChI is InChI=1S/C21H25N3O3/c1-15(25)16-2-4-17(5-3-16)19-6-7-20(27-19)21(26)24-11-8-18(14-24)23-12-9-22-10-13-23/h2-7,18,22H,8-14H2,1H3. The summed E-state index contributed by atoms with van der Waals surface area (Å²) in [5, 5.41) is 3.37. The number of rotatable bonds is 4. The molecule has 2 saturated heterocycles. The van der Waals surface area contributed by atoms with Gasteiger partial charge in [0.1, 0.15) is 5.76 Å². The van der Waals surface area contributed by atoms with E-state index in [1.807, 2.05) is 23.1 Å². The van der Waals surface area contributed by atoms with Crippen LogP contribution in [0.4, 0.5) is 0 Å². The monoisotopic (exact) mass is 367 g/mol. The van der Waals surface area contributed by atoms with E-state index in [-0.39, 0.29) is 11.7 Å². The maximum Gasteiger partial charge on any atom is 0.289 e. The molecule has 2 fully saturated rings. The fourth-order valence-electron chi connectivity index (χ4n) is 3.90. The van der Waals surface area contributed by atoms with Gasteiger partial charge in [-0.25, -0.2) is 0 Å². The first-order valence-corrected chi connectivity index (χ1v) is 9.57. The number of likely N-dealkylation sites (tertiary alicyclic amines) is 1. The van der Waals surface area contributed by atoms with Crippen molar-refractivity contribution in [3.05, 3.63) is 47.7 Å². The number of nitrogens with one attached hydrogen (secondary N) is 1. The maximum absolute atomic E-state index is 12.8. The summed E-state index contributed by atoms with van der Waals surface area (Å²) in [7, 11) is 0. The SMILES string of the molecule is CC(=O)c1ccc(-c2ccc(C(=O)N3CCC(N4CCNCC4)C3)o2)cc1. The van der Waals surface area contributed by atoms with Gasteiger partial charge in [-0.05, 0) is 25.5 Å². The van der Waals surface area contributed by atoms with Crippen molar-refractivity contribution >= 4 is 11.7 Å². The predicted octanol–water partition coefficient (Wildman–Crippen LogP) is 2.27. The lowest BCUT2D eigenvalue weighted by molar-refractivity contribution is 0.0743. The molecule has 0 saturated carbocycles. The molecule has 0 spiro atoms. The molecule has 3 heterocycles. The van der Waals surface area contributed by atoms with Crippen LogP contribution >= 0.6 is 0 Å². The Bertz CT molecular complexity index is 821. The number of hydrogen-bond acceptors (Lipinski definition) is 5. The molecule has 0 bridgehead atoms. The van der Waals surface area contributed by atoms with Crippen molar-refractivity contribution < 1.29 is 14.0 Å². The number of furan rings is 1. The van der Waals surface area contributed by atoms with Crippen molar-refractivity contribution in [2.24, 2.45) is 0 Å². The Morgan fingerprint density at radius 2 is 1.78 bits per heavy atom. The lowest BCUT2D eigenvalue weighted by Crippen LogP contribution is -2.49. The summed E-state index contributed by atoms with van der Waals surface area (Å²) < 4.78 is 5.83. The molecule has 6 nitrogen and oxygen atoms in total. The van der Waals surface area contributed by atoms with Crippen molar-refractivity contribution in [3.63, 3.8) is 0 Å². The van der Waals surface area contributed by atoms with Gasteiger partial charge >= 0.3 is 0 Å². The van der Waals surface area contributed by atoms with Gasteiger partial charge in [0.05, 0.1) is 0 Å². The van der Waals surface area contributed by atoms with Crippen LogP contribution in [-0.4, -0.2) is 66.8 Å². The highest BCUT2D eigenvalue weighted by Crippen LogP contribution is 2.25. The molecule has 1 aromatic carbocycles. The first-order valence-electron chi connectivity index (χ1n) is 9.57. The Morgan fingerprint density at radius 1 is 1.04 bits per heavy atom. The van der Waals surface area contributed by atoms with Crippen molar-refractivity contribution in [1.29, 1.82) is 0 Å².